The van der Waals surface area contributed by atoms with Crippen LogP contribution >= 0.6 is 0 Å². The van der Waals surface area contributed by atoms with Gasteiger partial charge in [0.25, 0.3) is 5.91 Å². The molecule has 1 aromatic heterocycles. The number of aromatic nitrogens is 1. The van der Waals surface area contributed by atoms with Gasteiger partial charge in [0.2, 0.25) is 0 Å². The Morgan fingerprint density at radius 2 is 1.57 bits per heavy atom. The van der Waals surface area contributed by atoms with Crippen LogP contribution in [0.2, 0.25) is 0 Å². The van der Waals surface area contributed by atoms with E-state index >= 15 is 0 Å². The summed E-state index contributed by atoms with van der Waals surface area (Å²) in [7, 11) is 3.25. The predicted molar refractivity (Wildman–Crippen MR) is 108 cm³/mol. The third kappa shape index (κ3) is 4.94. The number of nitrogens with one attached hydrogen (secondary N) is 1. The summed E-state index contributed by atoms with van der Waals surface area (Å²) in [5.41, 5.74) is 5.74. The second-order valence-electron chi connectivity index (χ2n) is 5.99. The Morgan fingerprint density at radius 1 is 0.929 bits per heavy atom. The van der Waals surface area contributed by atoms with Gasteiger partial charge in [-0.25, -0.2) is 5.43 Å². The second kappa shape index (κ2) is 9.32. The van der Waals surface area contributed by atoms with Gasteiger partial charge in [0, 0.05) is 18.8 Å². The topological polar surface area (TPSA) is 72.8 Å². The molecule has 0 bridgehead atoms. The van der Waals surface area contributed by atoms with Crippen molar-refractivity contribution in [3.63, 3.8) is 0 Å². The van der Waals surface area contributed by atoms with Crippen molar-refractivity contribution in [2.75, 3.05) is 14.2 Å². The molecular formula is C22H21N3O3. The SMILES string of the molecule is COc1ccc(C/C(=N/NC(=O)c2cccnc2)c2ccc(OC)cc2)cc1. The summed E-state index contributed by atoms with van der Waals surface area (Å²) in [6, 6.07) is 18.7. The zero-order chi connectivity index (χ0) is 19.8. The second-order valence-corrected chi connectivity index (χ2v) is 5.99. The Balaban J connectivity index is 1.85. The van der Waals surface area contributed by atoms with Gasteiger partial charge < -0.3 is 9.47 Å². The molecule has 142 valence electrons. The fourth-order valence-corrected chi connectivity index (χ4v) is 2.61. The largest absolute Gasteiger partial charge is 0.497 e. The highest BCUT2D eigenvalue weighted by Gasteiger charge is 2.09. The Kier molecular flexibility index (Phi) is 6.36. The van der Waals surface area contributed by atoms with Gasteiger partial charge in [-0.15, -0.1) is 0 Å². The molecular weight excluding hydrogens is 354 g/mol. The van der Waals surface area contributed by atoms with Gasteiger partial charge in [0.15, 0.2) is 0 Å². The molecule has 1 amide bonds. The van der Waals surface area contributed by atoms with Crippen LogP contribution in [0.3, 0.4) is 0 Å². The zero-order valence-corrected chi connectivity index (χ0v) is 15.8. The van der Waals surface area contributed by atoms with Crippen LogP contribution in [-0.2, 0) is 6.42 Å². The van der Waals surface area contributed by atoms with Gasteiger partial charge in [-0.05, 0) is 59.7 Å². The molecule has 6 nitrogen and oxygen atoms in total. The molecule has 28 heavy (non-hydrogen) atoms. The van der Waals surface area contributed by atoms with Crippen molar-refractivity contribution >= 4 is 11.6 Å². The van der Waals surface area contributed by atoms with E-state index in [-0.39, 0.29) is 5.91 Å². The molecule has 6 heteroatoms. The van der Waals surface area contributed by atoms with E-state index in [2.05, 4.69) is 15.5 Å². The smallest absolute Gasteiger partial charge is 0.272 e. The molecule has 3 rings (SSSR count). The third-order valence-electron chi connectivity index (χ3n) is 4.17. The first kappa shape index (κ1) is 19.1. The molecule has 0 fully saturated rings. The quantitative estimate of drug-likeness (QED) is 0.507. The van der Waals surface area contributed by atoms with Gasteiger partial charge in [-0.3, -0.25) is 9.78 Å². The molecule has 0 saturated heterocycles. The van der Waals surface area contributed by atoms with E-state index in [1.165, 1.54) is 6.20 Å². The van der Waals surface area contributed by atoms with Crippen LogP contribution in [0.1, 0.15) is 21.5 Å². The number of hydrogen-bond acceptors (Lipinski definition) is 5. The minimum Gasteiger partial charge on any atom is -0.497 e. The summed E-state index contributed by atoms with van der Waals surface area (Å²) < 4.78 is 10.4. The minimum absolute atomic E-state index is 0.311. The molecule has 0 aliphatic carbocycles. The Hall–Kier alpha value is -3.67. The fourth-order valence-electron chi connectivity index (χ4n) is 2.61. The number of methoxy groups -OCH3 is 2. The number of benzene rings is 2. The zero-order valence-electron chi connectivity index (χ0n) is 15.8. The van der Waals surface area contributed by atoms with Crippen molar-refractivity contribution in [3.05, 3.63) is 89.7 Å². The fraction of sp³-hybridized carbons (Fsp3) is 0.136. The monoisotopic (exact) mass is 375 g/mol. The summed E-state index contributed by atoms with van der Waals surface area (Å²) >= 11 is 0. The van der Waals surface area contributed by atoms with Gasteiger partial charge in [0.05, 0.1) is 25.5 Å². The molecule has 0 aliphatic rings. The molecule has 0 atom stereocenters. The van der Waals surface area contributed by atoms with Crippen LogP contribution in [0.4, 0.5) is 0 Å². The maximum atomic E-state index is 12.3. The number of amides is 1. The number of rotatable bonds is 7. The predicted octanol–water partition coefficient (Wildman–Crippen LogP) is 3.48. The Bertz CT molecular complexity index is 937. The third-order valence-corrected chi connectivity index (χ3v) is 4.17. The lowest BCUT2D eigenvalue weighted by molar-refractivity contribution is 0.0954. The van der Waals surface area contributed by atoms with Crippen molar-refractivity contribution in [1.29, 1.82) is 0 Å². The van der Waals surface area contributed by atoms with Gasteiger partial charge in [-0.2, -0.15) is 5.10 Å². The molecule has 0 unspecified atom stereocenters. The summed E-state index contributed by atoms with van der Waals surface area (Å²) in [6.45, 7) is 0. The molecule has 1 heterocycles. The normalized spacial score (nSPS) is 11.0. The molecule has 0 spiro atoms. The highest BCUT2D eigenvalue weighted by atomic mass is 16.5. The van der Waals surface area contributed by atoms with Crippen LogP contribution in [-0.4, -0.2) is 30.8 Å². The first-order chi connectivity index (χ1) is 13.7. The van der Waals surface area contributed by atoms with E-state index in [4.69, 9.17) is 9.47 Å². The number of nitrogens with zero attached hydrogens (tertiary/aromatic N) is 2. The highest BCUT2D eigenvalue weighted by Crippen LogP contribution is 2.16. The first-order valence-corrected chi connectivity index (χ1v) is 8.74. The van der Waals surface area contributed by atoms with Crippen LogP contribution in [0, 0.1) is 0 Å². The number of pyridine rings is 1. The van der Waals surface area contributed by atoms with Crippen molar-refractivity contribution in [2.45, 2.75) is 6.42 Å². The maximum absolute atomic E-state index is 12.3. The average Bonchev–Trinajstić information content (AvgIpc) is 2.77. The van der Waals surface area contributed by atoms with E-state index in [1.807, 2.05) is 48.5 Å². The standard InChI is InChI=1S/C22H21N3O3/c1-27-19-9-5-16(6-10-19)14-21(17-7-11-20(28-2)12-8-17)24-25-22(26)18-4-3-13-23-15-18/h3-13,15H,14H2,1-2H3,(H,25,26)/b24-21-. The van der Waals surface area contributed by atoms with Crippen LogP contribution < -0.4 is 14.9 Å². The van der Waals surface area contributed by atoms with E-state index in [0.717, 1.165) is 28.3 Å². The van der Waals surface area contributed by atoms with Gasteiger partial charge >= 0.3 is 0 Å². The molecule has 0 radical (unpaired) electrons. The molecule has 1 N–H and O–H groups in total. The number of hydrazone groups is 1. The van der Waals surface area contributed by atoms with E-state index in [9.17, 15) is 4.79 Å². The van der Waals surface area contributed by atoms with Crippen LogP contribution in [0.5, 0.6) is 11.5 Å². The molecule has 0 saturated carbocycles. The highest BCUT2D eigenvalue weighted by molar-refractivity contribution is 6.03. The van der Waals surface area contributed by atoms with Gasteiger partial charge in [0.1, 0.15) is 11.5 Å². The summed E-state index contributed by atoms with van der Waals surface area (Å²) in [4.78, 5) is 16.3. The Labute approximate surface area is 163 Å². The lowest BCUT2D eigenvalue weighted by Gasteiger charge is -2.10. The van der Waals surface area contributed by atoms with Gasteiger partial charge in [-0.1, -0.05) is 12.1 Å². The van der Waals surface area contributed by atoms with Crippen molar-refractivity contribution in [2.24, 2.45) is 5.10 Å². The number of carbonyl (C=O) groups is 1. The maximum Gasteiger partial charge on any atom is 0.272 e. The number of carbonyl (C=O) groups excluding carboxylic acids is 1. The van der Waals surface area contributed by atoms with E-state index < -0.39 is 0 Å². The van der Waals surface area contributed by atoms with Crippen molar-refractivity contribution in [1.82, 2.24) is 10.4 Å². The molecule has 0 aliphatic heterocycles. The lowest BCUT2D eigenvalue weighted by Crippen LogP contribution is -2.21. The Morgan fingerprint density at radius 3 is 2.14 bits per heavy atom. The number of hydrogen-bond donors (Lipinski definition) is 1. The first-order valence-electron chi connectivity index (χ1n) is 8.74. The molecule has 2 aromatic carbocycles. The summed E-state index contributed by atoms with van der Waals surface area (Å²) in [5, 5.41) is 4.38. The summed E-state index contributed by atoms with van der Waals surface area (Å²) in [5.74, 6) is 1.23. The number of ether oxygens (including phenoxy) is 2. The average molecular weight is 375 g/mol. The molecule has 3 aromatic rings. The van der Waals surface area contributed by atoms with E-state index in [0.29, 0.717) is 12.0 Å². The van der Waals surface area contributed by atoms with Crippen LogP contribution in [0.25, 0.3) is 0 Å². The van der Waals surface area contributed by atoms with Crippen molar-refractivity contribution in [3.8, 4) is 11.5 Å². The lowest BCUT2D eigenvalue weighted by atomic mass is 10.0. The van der Waals surface area contributed by atoms with Crippen molar-refractivity contribution < 1.29 is 14.3 Å². The van der Waals surface area contributed by atoms with Crippen LogP contribution in [0.15, 0.2) is 78.2 Å². The minimum atomic E-state index is -0.311. The summed E-state index contributed by atoms with van der Waals surface area (Å²) in [6.07, 6.45) is 3.66. The van der Waals surface area contributed by atoms with E-state index in [1.54, 1.807) is 32.5 Å².